The lowest BCUT2D eigenvalue weighted by molar-refractivity contribution is -0.132. The van der Waals surface area contributed by atoms with Crippen molar-refractivity contribution in [3.8, 4) is 0 Å². The van der Waals surface area contributed by atoms with Gasteiger partial charge in [-0.25, -0.2) is 8.42 Å². The number of H-pyrrole nitrogens is 1. The third-order valence-corrected chi connectivity index (χ3v) is 4.16. The minimum absolute atomic E-state index is 0.0495. The summed E-state index contributed by atoms with van der Waals surface area (Å²) in [5, 5.41) is 5.92. The van der Waals surface area contributed by atoms with E-state index in [-0.39, 0.29) is 11.0 Å². The van der Waals surface area contributed by atoms with E-state index in [2.05, 4.69) is 15.6 Å². The number of amides is 1. The molecule has 2 rings (SSSR count). The van der Waals surface area contributed by atoms with Crippen LogP contribution in [0.3, 0.4) is 0 Å². The van der Waals surface area contributed by atoms with E-state index in [1.165, 1.54) is 6.20 Å². The maximum atomic E-state index is 11.7. The Labute approximate surface area is 110 Å². The quantitative estimate of drug-likeness (QED) is 0.642. The molecule has 0 unspecified atom stereocenters. The number of carbonyl (C=O) groups excluding carboxylic acids is 1. The molecular formula is C10H16N4O4S. The Balaban J connectivity index is 1.88. The summed E-state index contributed by atoms with van der Waals surface area (Å²) in [6.07, 6.45) is 4.07. The number of carbonyl (C=O) groups is 1. The SMILES string of the molecule is CC[C@H]1CC[C@@H](C(=O)NNS(=O)(=O)c2cn[nH]c2)O1. The molecule has 106 valence electrons. The van der Waals surface area contributed by atoms with E-state index in [0.29, 0.717) is 6.42 Å². The second-order valence-electron chi connectivity index (χ2n) is 4.26. The fraction of sp³-hybridized carbons (Fsp3) is 0.600. The average molecular weight is 288 g/mol. The number of hydrogen-bond donors (Lipinski definition) is 3. The molecule has 3 N–H and O–H groups in total. The molecule has 1 fully saturated rings. The van der Waals surface area contributed by atoms with Crippen LogP contribution in [0.5, 0.6) is 0 Å². The molecular weight excluding hydrogens is 272 g/mol. The summed E-state index contributed by atoms with van der Waals surface area (Å²) in [7, 11) is -3.79. The molecule has 1 aliphatic rings. The first kappa shape index (κ1) is 14.0. The first-order chi connectivity index (χ1) is 9.03. The lowest BCUT2D eigenvalue weighted by Gasteiger charge is -2.13. The van der Waals surface area contributed by atoms with E-state index < -0.39 is 22.0 Å². The fourth-order valence-corrected chi connectivity index (χ4v) is 2.59. The molecule has 1 saturated heterocycles. The number of ether oxygens (including phenoxy) is 1. The van der Waals surface area contributed by atoms with Crippen LogP contribution in [-0.2, 0) is 19.6 Å². The van der Waals surface area contributed by atoms with Crippen molar-refractivity contribution in [2.45, 2.75) is 43.3 Å². The van der Waals surface area contributed by atoms with Crippen LogP contribution in [-0.4, -0.2) is 36.7 Å². The van der Waals surface area contributed by atoms with Crippen molar-refractivity contribution in [3.63, 3.8) is 0 Å². The summed E-state index contributed by atoms with van der Waals surface area (Å²) in [6, 6.07) is 0. The molecule has 1 aromatic heterocycles. The first-order valence-electron chi connectivity index (χ1n) is 5.99. The molecule has 2 atom stereocenters. The topological polar surface area (TPSA) is 113 Å². The van der Waals surface area contributed by atoms with Crippen LogP contribution < -0.4 is 10.3 Å². The van der Waals surface area contributed by atoms with E-state index in [9.17, 15) is 13.2 Å². The zero-order valence-electron chi connectivity index (χ0n) is 10.4. The summed E-state index contributed by atoms with van der Waals surface area (Å²) >= 11 is 0. The Kier molecular flexibility index (Phi) is 4.17. The lowest BCUT2D eigenvalue weighted by Crippen LogP contribution is -2.46. The molecule has 19 heavy (non-hydrogen) atoms. The Morgan fingerprint density at radius 3 is 2.95 bits per heavy atom. The molecule has 1 aromatic rings. The Morgan fingerprint density at radius 2 is 2.37 bits per heavy atom. The van der Waals surface area contributed by atoms with Gasteiger partial charge >= 0.3 is 0 Å². The second-order valence-corrected chi connectivity index (χ2v) is 5.94. The van der Waals surface area contributed by atoms with Crippen molar-refractivity contribution in [2.24, 2.45) is 0 Å². The average Bonchev–Trinajstić information content (AvgIpc) is 3.06. The Hall–Kier alpha value is -1.45. The van der Waals surface area contributed by atoms with Crippen LogP contribution in [0.1, 0.15) is 26.2 Å². The van der Waals surface area contributed by atoms with Gasteiger partial charge in [-0.2, -0.15) is 5.10 Å². The molecule has 1 amide bonds. The van der Waals surface area contributed by atoms with Gasteiger partial charge in [-0.15, -0.1) is 4.83 Å². The minimum Gasteiger partial charge on any atom is -0.365 e. The highest BCUT2D eigenvalue weighted by Gasteiger charge is 2.30. The van der Waals surface area contributed by atoms with E-state index in [1.807, 2.05) is 11.8 Å². The van der Waals surface area contributed by atoms with Crippen molar-refractivity contribution in [2.75, 3.05) is 0 Å². The van der Waals surface area contributed by atoms with Crippen molar-refractivity contribution in [1.82, 2.24) is 20.5 Å². The number of nitrogens with zero attached hydrogens (tertiary/aromatic N) is 1. The lowest BCUT2D eigenvalue weighted by atomic mass is 10.1. The number of sulfonamides is 1. The van der Waals surface area contributed by atoms with Gasteiger partial charge in [0.2, 0.25) is 0 Å². The van der Waals surface area contributed by atoms with Crippen LogP contribution in [0.2, 0.25) is 0 Å². The van der Waals surface area contributed by atoms with E-state index in [4.69, 9.17) is 4.74 Å². The number of hydrogen-bond acceptors (Lipinski definition) is 5. The maximum absolute atomic E-state index is 11.7. The predicted molar refractivity (Wildman–Crippen MR) is 65.2 cm³/mol. The molecule has 0 bridgehead atoms. The van der Waals surface area contributed by atoms with Gasteiger partial charge in [-0.1, -0.05) is 6.92 Å². The van der Waals surface area contributed by atoms with Crippen molar-refractivity contribution < 1.29 is 17.9 Å². The third-order valence-electron chi connectivity index (χ3n) is 2.95. The fourth-order valence-electron chi connectivity index (χ4n) is 1.84. The highest BCUT2D eigenvalue weighted by atomic mass is 32.2. The van der Waals surface area contributed by atoms with Gasteiger partial charge in [0.1, 0.15) is 11.0 Å². The zero-order chi connectivity index (χ0) is 13.9. The van der Waals surface area contributed by atoms with Crippen LogP contribution >= 0.6 is 0 Å². The molecule has 2 heterocycles. The van der Waals surface area contributed by atoms with E-state index >= 15 is 0 Å². The Bertz CT molecular complexity index is 528. The number of aromatic nitrogens is 2. The highest BCUT2D eigenvalue weighted by Crippen LogP contribution is 2.21. The van der Waals surface area contributed by atoms with Gasteiger partial charge in [-0.05, 0) is 19.3 Å². The number of aromatic amines is 1. The predicted octanol–water partition coefficient (Wildman–Crippen LogP) is -0.323. The van der Waals surface area contributed by atoms with Gasteiger partial charge in [0.25, 0.3) is 15.9 Å². The van der Waals surface area contributed by atoms with Gasteiger partial charge in [0, 0.05) is 6.20 Å². The van der Waals surface area contributed by atoms with Gasteiger partial charge in [-0.3, -0.25) is 15.3 Å². The zero-order valence-corrected chi connectivity index (χ0v) is 11.2. The van der Waals surface area contributed by atoms with Crippen LogP contribution in [0.4, 0.5) is 0 Å². The molecule has 1 aliphatic heterocycles. The number of nitrogens with one attached hydrogen (secondary N) is 3. The van der Waals surface area contributed by atoms with E-state index in [1.54, 1.807) is 0 Å². The number of rotatable bonds is 5. The monoisotopic (exact) mass is 288 g/mol. The second kappa shape index (κ2) is 5.68. The molecule has 8 nitrogen and oxygen atoms in total. The van der Waals surface area contributed by atoms with Crippen LogP contribution in [0.25, 0.3) is 0 Å². The van der Waals surface area contributed by atoms with Crippen LogP contribution in [0, 0.1) is 0 Å². The Morgan fingerprint density at radius 1 is 1.58 bits per heavy atom. The summed E-state index contributed by atoms with van der Waals surface area (Å²) in [5.41, 5.74) is 2.15. The third kappa shape index (κ3) is 3.31. The van der Waals surface area contributed by atoms with Gasteiger partial charge < -0.3 is 4.74 Å². The van der Waals surface area contributed by atoms with Crippen molar-refractivity contribution in [1.29, 1.82) is 0 Å². The van der Waals surface area contributed by atoms with E-state index in [0.717, 1.165) is 19.0 Å². The number of hydrazine groups is 1. The molecule has 9 heteroatoms. The van der Waals surface area contributed by atoms with Crippen molar-refractivity contribution in [3.05, 3.63) is 12.4 Å². The van der Waals surface area contributed by atoms with Crippen molar-refractivity contribution >= 4 is 15.9 Å². The smallest absolute Gasteiger partial charge is 0.264 e. The maximum Gasteiger partial charge on any atom is 0.264 e. The van der Waals surface area contributed by atoms with Gasteiger partial charge in [0.15, 0.2) is 0 Å². The summed E-state index contributed by atoms with van der Waals surface area (Å²) in [6.45, 7) is 1.98. The standard InChI is InChI=1S/C10H16N4O4S/c1-2-7-3-4-9(18-7)10(15)13-14-19(16,17)8-5-11-12-6-8/h5-7,9,14H,2-4H2,1H3,(H,11,12)(H,13,15)/t7-,9-/m0/s1. The summed E-state index contributed by atoms with van der Waals surface area (Å²) in [4.78, 5) is 13.7. The van der Waals surface area contributed by atoms with Crippen LogP contribution in [0.15, 0.2) is 17.3 Å². The van der Waals surface area contributed by atoms with Gasteiger partial charge in [0.05, 0.1) is 12.3 Å². The molecule has 0 aliphatic carbocycles. The molecule has 0 radical (unpaired) electrons. The largest absolute Gasteiger partial charge is 0.365 e. The highest BCUT2D eigenvalue weighted by molar-refractivity contribution is 7.89. The summed E-state index contributed by atoms with van der Waals surface area (Å²) < 4.78 is 28.9. The molecule has 0 spiro atoms. The molecule has 0 saturated carbocycles. The normalized spacial score (nSPS) is 23.4. The molecule has 0 aromatic carbocycles. The first-order valence-corrected chi connectivity index (χ1v) is 7.47. The minimum atomic E-state index is -3.79. The summed E-state index contributed by atoms with van der Waals surface area (Å²) in [5.74, 6) is -0.483.